The summed E-state index contributed by atoms with van der Waals surface area (Å²) in [6.07, 6.45) is 6.65. The van der Waals surface area contributed by atoms with Gasteiger partial charge in [-0.25, -0.2) is 9.78 Å². The molecule has 0 saturated carbocycles. The number of nitrogens with one attached hydrogen (secondary N) is 3. The second-order valence-electron chi connectivity index (χ2n) is 6.53. The van der Waals surface area contributed by atoms with Gasteiger partial charge in [0, 0.05) is 42.5 Å². The predicted molar refractivity (Wildman–Crippen MR) is 105 cm³/mol. The van der Waals surface area contributed by atoms with Gasteiger partial charge >= 0.3 is 6.03 Å². The summed E-state index contributed by atoms with van der Waals surface area (Å²) in [5.41, 5.74) is 3.62. The number of amides is 2. The van der Waals surface area contributed by atoms with E-state index >= 15 is 0 Å². The molecule has 3 heterocycles. The second-order valence-corrected chi connectivity index (χ2v) is 6.53. The Hall–Kier alpha value is -3.53. The number of fused-ring (bicyclic) bond motifs is 2. The van der Waals surface area contributed by atoms with Crippen LogP contribution in [0.25, 0.3) is 10.9 Å². The largest absolute Gasteiger partial charge is 0.370 e. The molecular weight excluding hydrogens is 340 g/mol. The highest BCUT2D eigenvalue weighted by atomic mass is 16.2. The van der Waals surface area contributed by atoms with E-state index in [9.17, 15) is 4.79 Å². The van der Waals surface area contributed by atoms with Gasteiger partial charge in [-0.05, 0) is 42.7 Å². The molecule has 27 heavy (non-hydrogen) atoms. The normalized spacial score (nSPS) is 12.7. The van der Waals surface area contributed by atoms with Crippen molar-refractivity contribution in [2.45, 2.75) is 19.3 Å². The average molecular weight is 360 g/mol. The molecule has 7 nitrogen and oxygen atoms in total. The smallest absolute Gasteiger partial charge is 0.319 e. The molecule has 0 radical (unpaired) electrons. The number of urea groups is 1. The molecule has 136 valence electrons. The first-order chi connectivity index (χ1) is 13.2. The van der Waals surface area contributed by atoms with Gasteiger partial charge in [-0.2, -0.15) is 5.26 Å². The van der Waals surface area contributed by atoms with Crippen molar-refractivity contribution in [2.24, 2.45) is 0 Å². The minimum absolute atomic E-state index is 0.277. The molecule has 0 aliphatic carbocycles. The molecule has 1 aromatic carbocycles. The minimum Gasteiger partial charge on any atom is -0.370 e. The Balaban J connectivity index is 1.33. The summed E-state index contributed by atoms with van der Waals surface area (Å²) < 4.78 is 1.47. The van der Waals surface area contributed by atoms with Crippen LogP contribution in [-0.2, 0) is 12.8 Å². The van der Waals surface area contributed by atoms with Gasteiger partial charge in [-0.15, -0.1) is 0 Å². The summed E-state index contributed by atoms with van der Waals surface area (Å²) in [6.45, 7) is 1.46. The Bertz CT molecular complexity index is 1030. The number of nitrogens with zero attached hydrogens (tertiary/aromatic N) is 3. The summed E-state index contributed by atoms with van der Waals surface area (Å²) in [5.74, 6) is 0.969. The lowest BCUT2D eigenvalue weighted by Gasteiger charge is -2.17. The number of benzene rings is 1. The summed E-state index contributed by atoms with van der Waals surface area (Å²) >= 11 is 0. The first-order valence-electron chi connectivity index (χ1n) is 9.02. The Morgan fingerprint density at radius 3 is 3.11 bits per heavy atom. The first-order valence-corrected chi connectivity index (χ1v) is 9.02. The maximum Gasteiger partial charge on any atom is 0.319 e. The van der Waals surface area contributed by atoms with Crippen molar-refractivity contribution in [3.63, 3.8) is 0 Å². The SMILES string of the molecule is N#Cn1ccc2ccc(NC(=O)NCCc3ccc4c(n3)NCCC4)cc21. The number of pyridine rings is 1. The average Bonchev–Trinajstić information content (AvgIpc) is 3.10. The van der Waals surface area contributed by atoms with Crippen molar-refractivity contribution in [2.75, 3.05) is 23.7 Å². The number of carbonyl (C=O) groups is 1. The number of anilines is 2. The topological polar surface area (TPSA) is 94.8 Å². The first kappa shape index (κ1) is 16.9. The minimum atomic E-state index is -0.277. The van der Waals surface area contributed by atoms with Gasteiger partial charge in [0.05, 0.1) is 5.52 Å². The van der Waals surface area contributed by atoms with Crippen LogP contribution in [0.3, 0.4) is 0 Å². The zero-order chi connectivity index (χ0) is 18.6. The zero-order valence-corrected chi connectivity index (χ0v) is 14.8. The van der Waals surface area contributed by atoms with E-state index in [-0.39, 0.29) is 6.03 Å². The third-order valence-corrected chi connectivity index (χ3v) is 4.68. The van der Waals surface area contributed by atoms with Crippen molar-refractivity contribution in [1.29, 1.82) is 5.26 Å². The van der Waals surface area contributed by atoms with Gasteiger partial charge < -0.3 is 16.0 Å². The summed E-state index contributed by atoms with van der Waals surface area (Å²) in [4.78, 5) is 16.8. The van der Waals surface area contributed by atoms with E-state index in [1.807, 2.05) is 24.3 Å². The highest BCUT2D eigenvalue weighted by Gasteiger charge is 2.10. The van der Waals surface area contributed by atoms with Crippen LogP contribution >= 0.6 is 0 Å². The van der Waals surface area contributed by atoms with E-state index in [2.05, 4.69) is 33.2 Å². The maximum atomic E-state index is 12.1. The Morgan fingerprint density at radius 1 is 1.30 bits per heavy atom. The molecule has 0 unspecified atom stereocenters. The van der Waals surface area contributed by atoms with Crippen molar-refractivity contribution in [1.82, 2.24) is 14.9 Å². The lowest BCUT2D eigenvalue weighted by atomic mass is 10.1. The molecule has 1 aliphatic heterocycles. The van der Waals surface area contributed by atoms with Gasteiger partial charge in [0.2, 0.25) is 0 Å². The molecule has 4 rings (SSSR count). The van der Waals surface area contributed by atoms with Gasteiger partial charge in [0.1, 0.15) is 5.82 Å². The number of rotatable bonds is 4. The fraction of sp³-hybridized carbons (Fsp3) is 0.250. The number of nitriles is 1. The van der Waals surface area contributed by atoms with Crippen LogP contribution in [0.15, 0.2) is 42.6 Å². The van der Waals surface area contributed by atoms with Crippen LogP contribution < -0.4 is 16.0 Å². The van der Waals surface area contributed by atoms with Crippen LogP contribution in [0.5, 0.6) is 0 Å². The van der Waals surface area contributed by atoms with Gasteiger partial charge in [-0.3, -0.25) is 4.57 Å². The molecule has 3 N–H and O–H groups in total. The molecular formula is C20H20N6O. The number of hydrogen-bond donors (Lipinski definition) is 3. The van der Waals surface area contributed by atoms with Crippen molar-refractivity contribution in [3.8, 4) is 6.19 Å². The van der Waals surface area contributed by atoms with Gasteiger partial charge in [0.15, 0.2) is 6.19 Å². The molecule has 2 amide bonds. The molecule has 0 fully saturated rings. The highest BCUT2D eigenvalue weighted by molar-refractivity contribution is 5.93. The van der Waals surface area contributed by atoms with E-state index in [4.69, 9.17) is 5.26 Å². The zero-order valence-electron chi connectivity index (χ0n) is 14.8. The van der Waals surface area contributed by atoms with E-state index in [1.165, 1.54) is 10.1 Å². The Kier molecular flexibility index (Phi) is 4.62. The van der Waals surface area contributed by atoms with E-state index < -0.39 is 0 Å². The second kappa shape index (κ2) is 7.38. The van der Waals surface area contributed by atoms with E-state index in [0.29, 0.717) is 18.7 Å². The van der Waals surface area contributed by atoms with E-state index in [0.717, 1.165) is 41.8 Å². The molecule has 0 bridgehead atoms. The lowest BCUT2D eigenvalue weighted by Crippen LogP contribution is -2.30. The van der Waals surface area contributed by atoms with Gasteiger partial charge in [-0.1, -0.05) is 12.1 Å². The van der Waals surface area contributed by atoms with Crippen molar-refractivity contribution >= 4 is 28.4 Å². The fourth-order valence-corrected chi connectivity index (χ4v) is 3.28. The molecule has 3 aromatic rings. The number of carbonyl (C=O) groups excluding carboxylic acids is 1. The third-order valence-electron chi connectivity index (χ3n) is 4.68. The third kappa shape index (κ3) is 3.70. The summed E-state index contributed by atoms with van der Waals surface area (Å²) in [6, 6.07) is 11.2. The maximum absolute atomic E-state index is 12.1. The van der Waals surface area contributed by atoms with Crippen molar-refractivity contribution < 1.29 is 4.79 Å². The number of aromatic nitrogens is 2. The predicted octanol–water partition coefficient (Wildman–Crippen LogP) is 3.09. The quantitative estimate of drug-likeness (QED) is 0.666. The lowest BCUT2D eigenvalue weighted by molar-refractivity contribution is 0.252. The molecule has 7 heteroatoms. The van der Waals surface area contributed by atoms with Crippen LogP contribution in [-0.4, -0.2) is 28.7 Å². The Labute approximate surface area is 157 Å². The molecule has 0 saturated heterocycles. The van der Waals surface area contributed by atoms with Crippen molar-refractivity contribution in [3.05, 3.63) is 53.9 Å². The fourth-order valence-electron chi connectivity index (χ4n) is 3.28. The molecule has 1 aliphatic rings. The standard InChI is InChI=1S/C20H20N6O/c21-13-26-11-8-14-3-6-17(12-18(14)26)25-20(27)23-10-7-16-5-4-15-2-1-9-22-19(15)24-16/h3-6,8,11-12H,1-2,7,9-10H2,(H,22,24)(H2,23,25,27). The van der Waals surface area contributed by atoms with Gasteiger partial charge in [0.25, 0.3) is 0 Å². The molecule has 0 spiro atoms. The molecule has 2 aromatic heterocycles. The summed E-state index contributed by atoms with van der Waals surface area (Å²) in [5, 5.41) is 19.0. The van der Waals surface area contributed by atoms with Crippen LogP contribution in [0, 0.1) is 11.5 Å². The highest BCUT2D eigenvalue weighted by Crippen LogP contribution is 2.21. The summed E-state index contributed by atoms with van der Waals surface area (Å²) in [7, 11) is 0. The Morgan fingerprint density at radius 2 is 2.22 bits per heavy atom. The molecule has 0 atom stereocenters. The monoisotopic (exact) mass is 360 g/mol. The van der Waals surface area contributed by atoms with Crippen LogP contribution in [0.1, 0.15) is 17.7 Å². The van der Waals surface area contributed by atoms with Crippen LogP contribution in [0.4, 0.5) is 16.3 Å². The van der Waals surface area contributed by atoms with E-state index in [1.54, 1.807) is 12.3 Å². The number of hydrogen-bond acceptors (Lipinski definition) is 4. The van der Waals surface area contributed by atoms with Crippen LogP contribution in [0.2, 0.25) is 0 Å². The number of aryl methyl sites for hydroxylation is 1.